The fraction of sp³-hybridized carbons (Fsp3) is 0.292. The van der Waals surface area contributed by atoms with Crippen LogP contribution in [0.2, 0.25) is 5.02 Å². The number of rotatable bonds is 5. The van der Waals surface area contributed by atoms with Gasteiger partial charge in [0.2, 0.25) is 5.91 Å². The first-order valence-corrected chi connectivity index (χ1v) is 11.0. The van der Waals surface area contributed by atoms with Gasteiger partial charge in [0.25, 0.3) is 11.8 Å². The van der Waals surface area contributed by atoms with Crippen LogP contribution in [0.1, 0.15) is 19.4 Å². The molecule has 0 spiro atoms. The van der Waals surface area contributed by atoms with Crippen LogP contribution in [-0.2, 0) is 14.4 Å². The van der Waals surface area contributed by atoms with Gasteiger partial charge < -0.3 is 15.1 Å². The van der Waals surface area contributed by atoms with E-state index in [4.69, 9.17) is 11.6 Å². The zero-order valence-corrected chi connectivity index (χ0v) is 18.9. The summed E-state index contributed by atoms with van der Waals surface area (Å²) in [6.45, 7) is 7.49. The van der Waals surface area contributed by atoms with Crippen LogP contribution < -0.4 is 10.2 Å². The van der Waals surface area contributed by atoms with Crippen molar-refractivity contribution in [1.82, 2.24) is 9.80 Å². The Balaban J connectivity index is 1.75. The summed E-state index contributed by atoms with van der Waals surface area (Å²) in [5, 5.41) is 3.17. The molecule has 1 N–H and O–H groups in total. The first kappa shape index (κ1) is 22.0. The molecule has 32 heavy (non-hydrogen) atoms. The Kier molecular flexibility index (Phi) is 6.30. The summed E-state index contributed by atoms with van der Waals surface area (Å²) in [5.74, 6) is -0.897. The van der Waals surface area contributed by atoms with Gasteiger partial charge in [-0.05, 0) is 42.4 Å². The van der Waals surface area contributed by atoms with Gasteiger partial charge in [0.15, 0.2) is 0 Å². The lowest BCUT2D eigenvalue weighted by Gasteiger charge is -2.36. The number of hydrogen-bond donors (Lipinski definition) is 1. The lowest BCUT2D eigenvalue weighted by Crippen LogP contribution is -2.47. The Morgan fingerprint density at radius 2 is 1.69 bits per heavy atom. The van der Waals surface area contributed by atoms with E-state index in [1.54, 1.807) is 48.5 Å². The average Bonchev–Trinajstić information content (AvgIpc) is 3.04. The molecular formula is C24H25ClN4O3. The highest BCUT2D eigenvalue weighted by Gasteiger charge is 2.43. The molecule has 4 rings (SSSR count). The maximum atomic E-state index is 13.6. The molecule has 1 saturated heterocycles. The van der Waals surface area contributed by atoms with Crippen molar-refractivity contribution in [1.29, 1.82) is 0 Å². The third-order valence-electron chi connectivity index (χ3n) is 5.76. The monoisotopic (exact) mass is 452 g/mol. The summed E-state index contributed by atoms with van der Waals surface area (Å²) < 4.78 is 0. The second kappa shape index (κ2) is 9.14. The normalized spacial score (nSPS) is 17.3. The van der Waals surface area contributed by atoms with E-state index in [1.807, 2.05) is 4.90 Å². The molecule has 0 atom stereocenters. The van der Waals surface area contributed by atoms with E-state index in [-0.39, 0.29) is 17.7 Å². The zero-order valence-electron chi connectivity index (χ0n) is 18.1. The number of piperazine rings is 1. The highest BCUT2D eigenvalue weighted by Crippen LogP contribution is 2.36. The lowest BCUT2D eigenvalue weighted by atomic mass is 10.0. The van der Waals surface area contributed by atoms with E-state index < -0.39 is 0 Å². The van der Waals surface area contributed by atoms with Gasteiger partial charge in [0.1, 0.15) is 5.70 Å². The van der Waals surface area contributed by atoms with Crippen molar-refractivity contribution in [3.8, 4) is 0 Å². The maximum Gasteiger partial charge on any atom is 0.282 e. The Labute approximate surface area is 192 Å². The number of carbonyl (C=O) groups is 3. The molecule has 2 heterocycles. The minimum atomic E-state index is -0.377. The molecule has 0 aliphatic carbocycles. The fourth-order valence-electron chi connectivity index (χ4n) is 4.13. The van der Waals surface area contributed by atoms with Gasteiger partial charge >= 0.3 is 0 Å². The summed E-state index contributed by atoms with van der Waals surface area (Å²) in [6, 6.07) is 13.7. The van der Waals surface area contributed by atoms with Crippen molar-refractivity contribution < 1.29 is 14.4 Å². The Morgan fingerprint density at radius 1 is 1.00 bits per heavy atom. The van der Waals surface area contributed by atoms with E-state index in [0.717, 1.165) is 19.6 Å². The van der Waals surface area contributed by atoms with Crippen LogP contribution in [0.5, 0.6) is 0 Å². The number of halogens is 1. The molecule has 166 valence electrons. The molecule has 0 saturated carbocycles. The first-order valence-electron chi connectivity index (χ1n) is 10.6. The number of amides is 3. The largest absolute Gasteiger partial charge is 0.364 e. The van der Waals surface area contributed by atoms with E-state index in [1.165, 1.54) is 11.8 Å². The molecule has 0 bridgehead atoms. The highest BCUT2D eigenvalue weighted by atomic mass is 35.5. The molecule has 0 radical (unpaired) electrons. The number of anilines is 2. The summed E-state index contributed by atoms with van der Waals surface area (Å²) in [4.78, 5) is 44.0. The van der Waals surface area contributed by atoms with Gasteiger partial charge in [0, 0.05) is 43.8 Å². The molecule has 7 nitrogen and oxygen atoms in total. The number of imide groups is 1. The van der Waals surface area contributed by atoms with Crippen LogP contribution in [0.3, 0.4) is 0 Å². The number of nitrogens with zero attached hydrogens (tertiary/aromatic N) is 3. The van der Waals surface area contributed by atoms with Crippen LogP contribution in [0.4, 0.5) is 11.4 Å². The summed E-state index contributed by atoms with van der Waals surface area (Å²) in [6.07, 6.45) is 0. The van der Waals surface area contributed by atoms with Gasteiger partial charge in [0.05, 0.1) is 11.3 Å². The third kappa shape index (κ3) is 4.26. The molecule has 1 fully saturated rings. The van der Waals surface area contributed by atoms with Gasteiger partial charge in [-0.1, -0.05) is 36.7 Å². The van der Waals surface area contributed by atoms with Crippen molar-refractivity contribution in [3.63, 3.8) is 0 Å². The minimum Gasteiger partial charge on any atom is -0.364 e. The van der Waals surface area contributed by atoms with E-state index >= 15 is 0 Å². The number of carbonyl (C=O) groups excluding carboxylic acids is 3. The molecule has 2 aliphatic heterocycles. The highest BCUT2D eigenvalue weighted by molar-refractivity contribution is 6.45. The Bertz CT molecular complexity index is 1090. The number of likely N-dealkylation sites (N-methyl/N-ethyl adjacent to an activating group) is 1. The van der Waals surface area contributed by atoms with Gasteiger partial charge in [-0.3, -0.25) is 14.4 Å². The predicted octanol–water partition coefficient (Wildman–Crippen LogP) is 3.22. The van der Waals surface area contributed by atoms with Crippen LogP contribution >= 0.6 is 11.6 Å². The van der Waals surface area contributed by atoms with E-state index in [0.29, 0.717) is 46.3 Å². The number of benzene rings is 2. The van der Waals surface area contributed by atoms with Crippen molar-refractivity contribution >= 4 is 46.3 Å². The van der Waals surface area contributed by atoms with Gasteiger partial charge in [-0.2, -0.15) is 0 Å². The molecule has 2 aromatic carbocycles. The second-order valence-electron chi connectivity index (χ2n) is 7.83. The Hall–Kier alpha value is -3.16. The standard InChI is InChI=1S/C24H25ClN4O3/c1-3-27-11-13-28(14-12-27)22-21(17-7-9-19(10-8-17)26-16(2)30)23(31)29(24(22)32)20-6-4-5-18(25)15-20/h4-10,15H,3,11-14H2,1-2H3,(H,26,30). The van der Waals surface area contributed by atoms with Crippen LogP contribution in [0, 0.1) is 0 Å². The van der Waals surface area contributed by atoms with E-state index in [9.17, 15) is 14.4 Å². The summed E-state index contributed by atoms with van der Waals surface area (Å²) in [7, 11) is 0. The maximum absolute atomic E-state index is 13.6. The number of hydrogen-bond acceptors (Lipinski definition) is 5. The van der Waals surface area contributed by atoms with Crippen LogP contribution in [0.15, 0.2) is 54.2 Å². The quantitative estimate of drug-likeness (QED) is 0.705. The molecule has 2 aromatic rings. The molecule has 3 amide bonds. The summed E-state index contributed by atoms with van der Waals surface area (Å²) >= 11 is 6.13. The molecular weight excluding hydrogens is 428 g/mol. The molecule has 0 unspecified atom stereocenters. The second-order valence-corrected chi connectivity index (χ2v) is 8.27. The van der Waals surface area contributed by atoms with Gasteiger partial charge in [-0.25, -0.2) is 4.90 Å². The van der Waals surface area contributed by atoms with Crippen molar-refractivity contribution in [3.05, 3.63) is 64.8 Å². The van der Waals surface area contributed by atoms with Crippen LogP contribution in [0.25, 0.3) is 5.57 Å². The summed E-state index contributed by atoms with van der Waals surface area (Å²) in [5.41, 5.74) is 2.49. The van der Waals surface area contributed by atoms with Crippen molar-refractivity contribution in [2.45, 2.75) is 13.8 Å². The Morgan fingerprint density at radius 3 is 2.28 bits per heavy atom. The third-order valence-corrected chi connectivity index (χ3v) is 5.99. The van der Waals surface area contributed by atoms with Crippen molar-refractivity contribution in [2.24, 2.45) is 0 Å². The predicted molar refractivity (Wildman–Crippen MR) is 125 cm³/mol. The molecule has 2 aliphatic rings. The fourth-order valence-corrected chi connectivity index (χ4v) is 4.32. The van der Waals surface area contributed by atoms with Crippen LogP contribution in [-0.4, -0.2) is 60.2 Å². The minimum absolute atomic E-state index is 0.175. The SMILES string of the molecule is CCN1CCN(C2=C(c3ccc(NC(C)=O)cc3)C(=O)N(c3cccc(Cl)c3)C2=O)CC1. The van der Waals surface area contributed by atoms with Crippen molar-refractivity contribution in [2.75, 3.05) is 42.9 Å². The zero-order chi connectivity index (χ0) is 22.8. The number of nitrogens with one attached hydrogen (secondary N) is 1. The topological polar surface area (TPSA) is 73.0 Å². The average molecular weight is 453 g/mol. The van der Waals surface area contributed by atoms with Gasteiger partial charge in [-0.15, -0.1) is 0 Å². The van der Waals surface area contributed by atoms with E-state index in [2.05, 4.69) is 17.1 Å². The smallest absolute Gasteiger partial charge is 0.282 e. The molecule has 8 heteroatoms. The lowest BCUT2D eigenvalue weighted by molar-refractivity contribution is -0.121. The molecule has 0 aromatic heterocycles. The first-order chi connectivity index (χ1) is 15.4.